The van der Waals surface area contributed by atoms with Gasteiger partial charge in [0, 0.05) is 0 Å². The molecule has 4 heterocycles. The molecule has 2 unspecified atom stereocenters. The second-order valence-corrected chi connectivity index (χ2v) is 8.69. The van der Waals surface area contributed by atoms with Crippen LogP contribution >= 0.6 is 0 Å². The quantitative estimate of drug-likeness (QED) is 0.637. The summed E-state index contributed by atoms with van der Waals surface area (Å²) in [6, 6.07) is 0. The van der Waals surface area contributed by atoms with Gasteiger partial charge in [-0.25, -0.2) is 4.79 Å². The number of carbonyl (C=O) groups is 2. The molecule has 4 saturated heterocycles. The smallest absolute Gasteiger partial charge is 0.456 e. The van der Waals surface area contributed by atoms with E-state index in [1.807, 2.05) is 0 Å². The van der Waals surface area contributed by atoms with E-state index in [0.29, 0.717) is 0 Å². The summed E-state index contributed by atoms with van der Waals surface area (Å²) in [6.45, 7) is 8.76. The van der Waals surface area contributed by atoms with E-state index >= 15 is 0 Å². The Morgan fingerprint density at radius 1 is 0.964 bits per heavy atom. The SMILES string of the molecule is CC1(C)OCC([C@H]2O[C@@H]3OC(C)(C)O[C@@H]3C2OC(=O)C2(C)COC(=O)OC2)O1. The molecule has 0 aromatic carbocycles. The fourth-order valence-electron chi connectivity index (χ4n) is 3.72. The van der Waals surface area contributed by atoms with E-state index in [0.717, 1.165) is 0 Å². The van der Waals surface area contributed by atoms with Crippen molar-refractivity contribution in [3.8, 4) is 0 Å². The van der Waals surface area contributed by atoms with Crippen molar-refractivity contribution in [2.45, 2.75) is 76.9 Å². The van der Waals surface area contributed by atoms with Gasteiger partial charge in [-0.1, -0.05) is 0 Å². The molecular weight excluding hydrogens is 376 g/mol. The zero-order valence-electron chi connectivity index (χ0n) is 16.6. The number of ether oxygens (including phenoxy) is 8. The lowest BCUT2D eigenvalue weighted by Gasteiger charge is -2.33. The van der Waals surface area contributed by atoms with Crippen LogP contribution in [0, 0.1) is 5.41 Å². The number of hydrogen-bond donors (Lipinski definition) is 0. The number of carbonyl (C=O) groups excluding carboxylic acids is 2. The van der Waals surface area contributed by atoms with Gasteiger partial charge in [-0.15, -0.1) is 0 Å². The van der Waals surface area contributed by atoms with Gasteiger partial charge in [0.2, 0.25) is 0 Å². The van der Waals surface area contributed by atoms with Crippen LogP contribution < -0.4 is 0 Å². The highest BCUT2D eigenvalue weighted by Gasteiger charge is 2.60. The third-order valence-electron chi connectivity index (χ3n) is 5.18. The van der Waals surface area contributed by atoms with Gasteiger partial charge in [0.25, 0.3) is 0 Å². The fourth-order valence-corrected chi connectivity index (χ4v) is 3.72. The van der Waals surface area contributed by atoms with Crippen LogP contribution in [0.15, 0.2) is 0 Å². The minimum absolute atomic E-state index is 0.129. The normalized spacial score (nSPS) is 40.5. The minimum Gasteiger partial charge on any atom is -0.456 e. The van der Waals surface area contributed by atoms with Crippen LogP contribution in [0.4, 0.5) is 4.79 Å². The molecular formula is C18H26O10. The zero-order chi connectivity index (χ0) is 20.3. The highest BCUT2D eigenvalue weighted by molar-refractivity contribution is 5.78. The average Bonchev–Trinajstić information content (AvgIpc) is 3.20. The molecule has 4 aliphatic heterocycles. The van der Waals surface area contributed by atoms with Gasteiger partial charge in [0.05, 0.1) is 6.61 Å². The predicted octanol–water partition coefficient (Wildman–Crippen LogP) is 1.10. The molecule has 4 fully saturated rings. The number of cyclic esters (lactones) is 2. The van der Waals surface area contributed by atoms with Gasteiger partial charge in [0.15, 0.2) is 30.1 Å². The molecule has 0 bridgehead atoms. The Labute approximate surface area is 162 Å². The van der Waals surface area contributed by atoms with Crippen molar-refractivity contribution in [1.29, 1.82) is 0 Å². The third-order valence-corrected chi connectivity index (χ3v) is 5.18. The summed E-state index contributed by atoms with van der Waals surface area (Å²) < 4.78 is 44.8. The first-order valence-corrected chi connectivity index (χ1v) is 9.32. The van der Waals surface area contributed by atoms with Crippen molar-refractivity contribution in [3.63, 3.8) is 0 Å². The maximum atomic E-state index is 12.9. The molecule has 5 atom stereocenters. The summed E-state index contributed by atoms with van der Waals surface area (Å²) in [5.41, 5.74) is -1.13. The van der Waals surface area contributed by atoms with E-state index in [1.54, 1.807) is 34.6 Å². The Bertz CT molecular complexity index is 649. The van der Waals surface area contributed by atoms with Gasteiger partial charge in [-0.2, -0.15) is 0 Å². The first-order chi connectivity index (χ1) is 13.0. The first kappa shape index (κ1) is 19.8. The lowest BCUT2D eigenvalue weighted by molar-refractivity contribution is -0.237. The molecule has 0 aromatic heterocycles. The molecule has 158 valence electrons. The van der Waals surface area contributed by atoms with Crippen molar-refractivity contribution >= 4 is 12.1 Å². The van der Waals surface area contributed by atoms with Crippen molar-refractivity contribution in [3.05, 3.63) is 0 Å². The minimum atomic E-state index is -1.13. The second-order valence-electron chi connectivity index (χ2n) is 8.69. The molecule has 0 radical (unpaired) electrons. The molecule has 0 amide bonds. The molecule has 0 saturated carbocycles. The van der Waals surface area contributed by atoms with Gasteiger partial charge < -0.3 is 37.9 Å². The van der Waals surface area contributed by atoms with Crippen molar-refractivity contribution in [1.82, 2.24) is 0 Å². The maximum absolute atomic E-state index is 12.9. The molecule has 4 aliphatic rings. The van der Waals surface area contributed by atoms with Gasteiger partial charge in [-0.05, 0) is 34.6 Å². The summed E-state index contributed by atoms with van der Waals surface area (Å²) >= 11 is 0. The monoisotopic (exact) mass is 402 g/mol. The highest BCUT2D eigenvalue weighted by Crippen LogP contribution is 2.42. The molecule has 4 rings (SSSR count). The van der Waals surface area contributed by atoms with Gasteiger partial charge in [-0.3, -0.25) is 4.79 Å². The maximum Gasteiger partial charge on any atom is 0.508 e. The molecule has 10 nitrogen and oxygen atoms in total. The predicted molar refractivity (Wildman–Crippen MR) is 88.9 cm³/mol. The Morgan fingerprint density at radius 2 is 1.64 bits per heavy atom. The van der Waals surface area contributed by atoms with E-state index < -0.39 is 59.8 Å². The topological polar surface area (TPSA) is 108 Å². The summed E-state index contributed by atoms with van der Waals surface area (Å²) in [7, 11) is 0. The number of esters is 1. The lowest BCUT2D eigenvalue weighted by atomic mass is 9.92. The molecule has 10 heteroatoms. The van der Waals surface area contributed by atoms with Gasteiger partial charge in [0.1, 0.15) is 30.8 Å². The number of rotatable bonds is 3. The Morgan fingerprint density at radius 3 is 2.25 bits per heavy atom. The zero-order valence-corrected chi connectivity index (χ0v) is 16.6. The van der Waals surface area contributed by atoms with Crippen LogP contribution in [0.25, 0.3) is 0 Å². The van der Waals surface area contributed by atoms with Crippen LogP contribution in [0.2, 0.25) is 0 Å². The Balaban J connectivity index is 1.52. The van der Waals surface area contributed by atoms with E-state index in [9.17, 15) is 9.59 Å². The fraction of sp³-hybridized carbons (Fsp3) is 0.889. The molecule has 0 aliphatic carbocycles. The van der Waals surface area contributed by atoms with Crippen LogP contribution in [0.3, 0.4) is 0 Å². The van der Waals surface area contributed by atoms with Crippen LogP contribution in [-0.2, 0) is 42.7 Å². The summed E-state index contributed by atoms with van der Waals surface area (Å²) in [4.78, 5) is 24.0. The Hall–Kier alpha value is -1.46. The third kappa shape index (κ3) is 3.59. The lowest BCUT2D eigenvalue weighted by Crippen LogP contribution is -2.50. The summed E-state index contributed by atoms with van der Waals surface area (Å²) in [5.74, 6) is -2.21. The van der Waals surface area contributed by atoms with Crippen LogP contribution in [0.5, 0.6) is 0 Å². The molecule has 0 spiro atoms. The van der Waals surface area contributed by atoms with E-state index in [1.165, 1.54) is 0 Å². The van der Waals surface area contributed by atoms with Crippen LogP contribution in [-0.4, -0.2) is 74.2 Å². The van der Waals surface area contributed by atoms with Crippen molar-refractivity contribution < 1.29 is 47.5 Å². The van der Waals surface area contributed by atoms with Gasteiger partial charge >= 0.3 is 12.1 Å². The second kappa shape index (κ2) is 6.53. The highest BCUT2D eigenvalue weighted by atomic mass is 16.9. The van der Waals surface area contributed by atoms with Crippen molar-refractivity contribution in [2.75, 3.05) is 19.8 Å². The largest absolute Gasteiger partial charge is 0.508 e. The Kier molecular flexibility index (Phi) is 4.63. The van der Waals surface area contributed by atoms with Crippen molar-refractivity contribution in [2.24, 2.45) is 5.41 Å². The molecule has 28 heavy (non-hydrogen) atoms. The van der Waals surface area contributed by atoms with E-state index in [-0.39, 0.29) is 19.8 Å². The average molecular weight is 402 g/mol. The number of hydrogen-bond acceptors (Lipinski definition) is 10. The number of fused-ring (bicyclic) bond motifs is 1. The molecule has 0 N–H and O–H groups in total. The summed E-state index contributed by atoms with van der Waals surface area (Å²) in [5, 5.41) is 0. The molecule has 0 aromatic rings. The van der Waals surface area contributed by atoms with E-state index in [2.05, 4.69) is 0 Å². The summed E-state index contributed by atoms with van der Waals surface area (Å²) in [6.07, 6.45) is -3.99. The first-order valence-electron chi connectivity index (χ1n) is 9.32. The standard InChI is InChI=1S/C18H26O10/c1-16(2)23-6-9(26-16)10-11(12-13(24-10)28-17(3,4)27-12)25-14(19)18(5)7-21-15(20)22-8-18/h9-13H,6-8H2,1-5H3/t9?,10-,11?,12-,13-/m1/s1. The van der Waals surface area contributed by atoms with Crippen LogP contribution in [0.1, 0.15) is 34.6 Å². The van der Waals surface area contributed by atoms with E-state index in [4.69, 9.17) is 37.9 Å².